The monoisotopic (exact) mass is 524 g/mol. The number of halogens is 1. The number of nitrogens with two attached hydrogens (primary N) is 1. The van der Waals surface area contributed by atoms with Crippen molar-refractivity contribution in [3.8, 4) is 0 Å². The number of nitrogens with zero attached hydrogens (tertiary/aromatic N) is 1. The van der Waals surface area contributed by atoms with Gasteiger partial charge in [-0.05, 0) is 43.9 Å². The van der Waals surface area contributed by atoms with E-state index in [1.54, 1.807) is 19.2 Å². The predicted octanol–water partition coefficient (Wildman–Crippen LogP) is 2.60. The third-order valence-electron chi connectivity index (χ3n) is 5.69. The molecule has 1 aliphatic rings. The van der Waals surface area contributed by atoms with Crippen molar-refractivity contribution in [2.75, 3.05) is 13.7 Å². The normalized spacial score (nSPS) is 21.4. The summed E-state index contributed by atoms with van der Waals surface area (Å²) in [5, 5.41) is 12.0. The molecule has 0 aromatic heterocycles. The molecule has 1 aromatic carbocycles. The Bertz CT molecular complexity index is 766. The molecule has 1 fully saturated rings. The third kappa shape index (κ3) is 5.58. The summed E-state index contributed by atoms with van der Waals surface area (Å²) in [5.41, 5.74) is 0.934. The van der Waals surface area contributed by atoms with Gasteiger partial charge in [0.15, 0.2) is 5.96 Å². The van der Waals surface area contributed by atoms with Gasteiger partial charge in [-0.15, -0.1) is 24.0 Å². The summed E-state index contributed by atoms with van der Waals surface area (Å²) in [7, 11) is -1.97. The van der Waals surface area contributed by atoms with Crippen LogP contribution in [0.5, 0.6) is 0 Å². The van der Waals surface area contributed by atoms with Crippen LogP contribution >= 0.6 is 24.0 Å². The number of ether oxygens (including phenoxy) is 1. The van der Waals surface area contributed by atoms with E-state index in [0.717, 1.165) is 31.4 Å². The van der Waals surface area contributed by atoms with Crippen LogP contribution in [0.1, 0.15) is 45.6 Å². The molecule has 1 aliphatic carbocycles. The summed E-state index contributed by atoms with van der Waals surface area (Å²) in [6.07, 6.45) is 3.31. The van der Waals surface area contributed by atoms with Crippen LogP contribution in [-0.4, -0.2) is 40.2 Å². The fourth-order valence-electron chi connectivity index (χ4n) is 3.96. The molecule has 0 bridgehead atoms. The van der Waals surface area contributed by atoms with Gasteiger partial charge in [0.05, 0.1) is 11.0 Å². The van der Waals surface area contributed by atoms with E-state index in [1.807, 2.05) is 13.0 Å². The van der Waals surface area contributed by atoms with Crippen molar-refractivity contribution in [1.82, 2.24) is 10.6 Å². The highest BCUT2D eigenvalue weighted by Gasteiger charge is 2.53. The number of nitrogens with one attached hydrogen (secondary N) is 2. The van der Waals surface area contributed by atoms with Crippen LogP contribution in [0.2, 0.25) is 0 Å². The zero-order chi connectivity index (χ0) is 20.1. The molecule has 1 aromatic rings. The molecule has 1 saturated carbocycles. The number of primary sulfonamides is 1. The maximum Gasteiger partial charge on any atom is 0.238 e. The molecule has 9 heteroatoms. The van der Waals surface area contributed by atoms with Gasteiger partial charge in [-0.1, -0.05) is 26.0 Å². The number of benzene rings is 1. The van der Waals surface area contributed by atoms with Crippen LogP contribution < -0.4 is 15.8 Å². The molecule has 0 saturated heterocycles. The number of hydrogen-bond acceptors (Lipinski definition) is 4. The first-order chi connectivity index (χ1) is 12.8. The van der Waals surface area contributed by atoms with Crippen LogP contribution in [0.15, 0.2) is 34.2 Å². The number of sulfonamides is 1. The summed E-state index contributed by atoms with van der Waals surface area (Å²) < 4.78 is 28.9. The molecule has 28 heavy (non-hydrogen) atoms. The second-order valence-electron chi connectivity index (χ2n) is 6.94. The molecule has 0 radical (unpaired) electrons. The van der Waals surface area contributed by atoms with E-state index in [4.69, 9.17) is 9.88 Å². The number of aliphatic imine (C=N–C) groups is 1. The fourth-order valence-corrected chi connectivity index (χ4v) is 4.55. The largest absolute Gasteiger partial charge is 0.378 e. The maximum atomic E-state index is 11.5. The van der Waals surface area contributed by atoms with E-state index < -0.39 is 10.0 Å². The summed E-state index contributed by atoms with van der Waals surface area (Å²) >= 11 is 0. The second-order valence-corrected chi connectivity index (χ2v) is 8.50. The standard InChI is InChI=1S/C19H32N4O3S.HI/c1-5-19(6-2)16(12-17(19)26-7-3)23-18(21-4)22-13-14-9-8-10-15(11-14)27(20,24)25;/h8-11,16-17H,5-7,12-13H2,1-4H3,(H2,20,24,25)(H2,21,22,23);1H. The number of rotatable bonds is 8. The summed E-state index contributed by atoms with van der Waals surface area (Å²) in [6.45, 7) is 7.63. The van der Waals surface area contributed by atoms with Gasteiger partial charge < -0.3 is 15.4 Å². The van der Waals surface area contributed by atoms with E-state index in [9.17, 15) is 8.42 Å². The summed E-state index contributed by atoms with van der Waals surface area (Å²) in [5.74, 6) is 0.697. The fraction of sp³-hybridized carbons (Fsp3) is 0.632. The minimum absolute atomic E-state index is 0. The molecule has 0 amide bonds. The van der Waals surface area contributed by atoms with Gasteiger partial charge in [-0.25, -0.2) is 13.6 Å². The lowest BCUT2D eigenvalue weighted by Crippen LogP contribution is -2.65. The molecule has 4 N–H and O–H groups in total. The summed E-state index contributed by atoms with van der Waals surface area (Å²) in [4.78, 5) is 4.42. The minimum atomic E-state index is -3.70. The van der Waals surface area contributed by atoms with Crippen molar-refractivity contribution >= 4 is 40.0 Å². The zero-order valence-corrected chi connectivity index (χ0v) is 20.2. The lowest BCUT2D eigenvalue weighted by atomic mass is 9.58. The van der Waals surface area contributed by atoms with Gasteiger partial charge in [0, 0.05) is 31.7 Å². The van der Waals surface area contributed by atoms with Crippen molar-refractivity contribution in [3.05, 3.63) is 29.8 Å². The Hall–Kier alpha value is -0.910. The first kappa shape index (κ1) is 25.1. The van der Waals surface area contributed by atoms with E-state index in [2.05, 4.69) is 29.5 Å². The van der Waals surface area contributed by atoms with Crippen LogP contribution in [0, 0.1) is 5.41 Å². The molecule has 160 valence electrons. The second kappa shape index (κ2) is 10.7. The predicted molar refractivity (Wildman–Crippen MR) is 123 cm³/mol. The molecular weight excluding hydrogens is 491 g/mol. The van der Waals surface area contributed by atoms with Gasteiger partial charge >= 0.3 is 0 Å². The lowest BCUT2D eigenvalue weighted by Gasteiger charge is -2.55. The van der Waals surface area contributed by atoms with Crippen molar-refractivity contribution in [2.24, 2.45) is 15.5 Å². The molecule has 2 rings (SSSR count). The Labute approximate surface area is 186 Å². The Morgan fingerprint density at radius 2 is 2.00 bits per heavy atom. The van der Waals surface area contributed by atoms with E-state index >= 15 is 0 Å². The molecule has 0 heterocycles. The van der Waals surface area contributed by atoms with Gasteiger partial charge in [0.25, 0.3) is 0 Å². The molecule has 2 atom stereocenters. The first-order valence-corrected chi connectivity index (χ1v) is 11.1. The van der Waals surface area contributed by atoms with E-state index in [0.29, 0.717) is 18.5 Å². The van der Waals surface area contributed by atoms with Crippen molar-refractivity contribution in [3.63, 3.8) is 0 Å². The van der Waals surface area contributed by atoms with Crippen LogP contribution in [0.4, 0.5) is 0 Å². The molecular formula is C19H33IN4O3S. The highest BCUT2D eigenvalue weighted by molar-refractivity contribution is 14.0. The Morgan fingerprint density at radius 1 is 1.32 bits per heavy atom. The van der Waals surface area contributed by atoms with E-state index in [-0.39, 0.29) is 40.4 Å². The van der Waals surface area contributed by atoms with Gasteiger partial charge in [-0.2, -0.15) is 0 Å². The van der Waals surface area contributed by atoms with Crippen LogP contribution in [0.3, 0.4) is 0 Å². The lowest BCUT2D eigenvalue weighted by molar-refractivity contribution is -0.133. The molecule has 2 unspecified atom stereocenters. The zero-order valence-electron chi connectivity index (χ0n) is 17.1. The van der Waals surface area contributed by atoms with Crippen LogP contribution in [-0.2, 0) is 21.3 Å². The van der Waals surface area contributed by atoms with Crippen molar-refractivity contribution < 1.29 is 13.2 Å². The average Bonchev–Trinajstić information content (AvgIpc) is 2.64. The Kier molecular flexibility index (Phi) is 9.65. The Morgan fingerprint density at radius 3 is 2.54 bits per heavy atom. The quantitative estimate of drug-likeness (QED) is 0.276. The minimum Gasteiger partial charge on any atom is -0.378 e. The van der Waals surface area contributed by atoms with Gasteiger partial charge in [-0.3, -0.25) is 4.99 Å². The Balaban J connectivity index is 0.00000392. The van der Waals surface area contributed by atoms with Crippen molar-refractivity contribution in [1.29, 1.82) is 0 Å². The number of guanidine groups is 1. The maximum absolute atomic E-state index is 11.5. The smallest absolute Gasteiger partial charge is 0.238 e. The van der Waals surface area contributed by atoms with Gasteiger partial charge in [0.2, 0.25) is 10.0 Å². The van der Waals surface area contributed by atoms with Crippen molar-refractivity contribution in [2.45, 2.75) is 63.6 Å². The van der Waals surface area contributed by atoms with Gasteiger partial charge in [0.1, 0.15) is 0 Å². The highest BCUT2D eigenvalue weighted by Crippen LogP contribution is 2.48. The number of hydrogen-bond donors (Lipinski definition) is 3. The first-order valence-electron chi connectivity index (χ1n) is 9.51. The summed E-state index contributed by atoms with van der Waals surface area (Å²) in [6, 6.07) is 6.90. The topological polar surface area (TPSA) is 106 Å². The molecule has 0 spiro atoms. The van der Waals surface area contributed by atoms with E-state index in [1.165, 1.54) is 6.07 Å². The highest BCUT2D eigenvalue weighted by atomic mass is 127. The molecule has 7 nitrogen and oxygen atoms in total. The average molecular weight is 524 g/mol. The third-order valence-corrected chi connectivity index (χ3v) is 6.60. The molecule has 0 aliphatic heterocycles. The van der Waals surface area contributed by atoms with Crippen LogP contribution in [0.25, 0.3) is 0 Å². The SMILES string of the molecule is CCOC1CC(NC(=NC)NCc2cccc(S(N)(=O)=O)c2)C1(CC)CC.I.